The maximum atomic E-state index is 10.3. The van der Waals surface area contributed by atoms with Crippen molar-refractivity contribution in [1.29, 1.82) is 0 Å². The molecule has 0 saturated carbocycles. The molecular formula is C25H21N5O3. The lowest BCUT2D eigenvalue weighted by Gasteiger charge is -1.94. The van der Waals surface area contributed by atoms with E-state index in [1.807, 2.05) is 72.9 Å². The van der Waals surface area contributed by atoms with E-state index in [0.29, 0.717) is 0 Å². The standard InChI is InChI=1S/C20H12N4.C5H9NO3/c1-2-14-10-16-5-6-18(23-16)12-20-8-7-19(24-20)11-17-4-3-15(22-17)9-13(1)21-14;6-3-4(7)1-2-5(8)9/h1-12H;1-3,6H2,(H,8,9). The molecule has 0 aliphatic carbocycles. The topological polar surface area (TPSA) is 130 Å². The van der Waals surface area contributed by atoms with Gasteiger partial charge in [0.1, 0.15) is 5.78 Å². The third kappa shape index (κ3) is 6.11. The zero-order valence-electron chi connectivity index (χ0n) is 17.7. The number of nitrogens with two attached hydrogens (primary N) is 1. The lowest BCUT2D eigenvalue weighted by Crippen LogP contribution is -2.14. The molecule has 5 aliphatic heterocycles. The minimum atomic E-state index is -0.961. The first-order valence-corrected chi connectivity index (χ1v) is 10.3. The van der Waals surface area contributed by atoms with Gasteiger partial charge in [0, 0.05) is 6.42 Å². The average molecular weight is 439 g/mol. The molecule has 0 aromatic carbocycles. The number of carbonyl (C=O) groups is 2. The highest BCUT2D eigenvalue weighted by molar-refractivity contribution is 6.14. The van der Waals surface area contributed by atoms with E-state index in [4.69, 9.17) is 10.8 Å². The van der Waals surface area contributed by atoms with Crippen LogP contribution in [0.4, 0.5) is 0 Å². The van der Waals surface area contributed by atoms with E-state index < -0.39 is 5.97 Å². The quantitative estimate of drug-likeness (QED) is 0.697. The first kappa shape index (κ1) is 21.9. The lowest BCUT2D eigenvalue weighted by molar-refractivity contribution is -0.138. The summed E-state index contributed by atoms with van der Waals surface area (Å²) in [5.41, 5.74) is 12.1. The number of rotatable bonds is 4. The van der Waals surface area contributed by atoms with Crippen molar-refractivity contribution in [3.05, 3.63) is 95.7 Å². The second-order valence-electron chi connectivity index (χ2n) is 7.39. The maximum Gasteiger partial charge on any atom is 0.303 e. The van der Waals surface area contributed by atoms with Gasteiger partial charge in [-0.2, -0.15) is 0 Å². The second-order valence-corrected chi connectivity index (χ2v) is 7.39. The molecule has 0 radical (unpaired) electrons. The molecule has 164 valence electrons. The van der Waals surface area contributed by atoms with E-state index >= 15 is 0 Å². The van der Waals surface area contributed by atoms with Gasteiger partial charge in [0.05, 0.1) is 58.6 Å². The molecule has 0 aromatic heterocycles. The number of allylic oxidation sites excluding steroid dienone is 12. The number of aliphatic imine (C=N–C) groups is 4. The first-order valence-electron chi connectivity index (χ1n) is 10.3. The van der Waals surface area contributed by atoms with Crippen LogP contribution in [0.25, 0.3) is 0 Å². The normalized spacial score (nSPS) is 18.9. The number of Topliss-reactive ketones (excluding diaryl/α,β-unsaturated/α-hetero) is 1. The summed E-state index contributed by atoms with van der Waals surface area (Å²) in [7, 11) is 0. The number of fused-ring (bicyclic) bond motifs is 4. The fraction of sp³-hybridized carbons (Fsp3) is 0.120. The summed E-state index contributed by atoms with van der Waals surface area (Å²) in [5.74, 6) is -1.17. The van der Waals surface area contributed by atoms with Crippen LogP contribution in [0.3, 0.4) is 0 Å². The van der Waals surface area contributed by atoms with Crippen LogP contribution < -0.4 is 5.73 Å². The maximum absolute atomic E-state index is 10.3. The Kier molecular flexibility index (Phi) is 6.56. The smallest absolute Gasteiger partial charge is 0.303 e. The molecule has 0 saturated heterocycles. The molecule has 0 amide bonds. The van der Waals surface area contributed by atoms with Crippen LogP contribution in [0.15, 0.2) is 116 Å². The summed E-state index contributed by atoms with van der Waals surface area (Å²) in [4.78, 5) is 38.5. The number of ketones is 1. The van der Waals surface area contributed by atoms with E-state index in [2.05, 4.69) is 20.0 Å². The van der Waals surface area contributed by atoms with Gasteiger partial charge in [-0.15, -0.1) is 0 Å². The van der Waals surface area contributed by atoms with Crippen molar-refractivity contribution < 1.29 is 14.7 Å². The van der Waals surface area contributed by atoms with E-state index in [1.54, 1.807) is 0 Å². The van der Waals surface area contributed by atoms with Crippen LogP contribution >= 0.6 is 0 Å². The van der Waals surface area contributed by atoms with Gasteiger partial charge < -0.3 is 10.8 Å². The molecular weight excluding hydrogens is 418 g/mol. The number of hydrogen-bond donors (Lipinski definition) is 2. The monoisotopic (exact) mass is 439 g/mol. The molecule has 0 unspecified atom stereocenters. The highest BCUT2D eigenvalue weighted by Gasteiger charge is 2.11. The molecule has 33 heavy (non-hydrogen) atoms. The molecule has 8 nitrogen and oxygen atoms in total. The van der Waals surface area contributed by atoms with E-state index in [-0.39, 0.29) is 25.2 Å². The number of hydrogen-bond acceptors (Lipinski definition) is 7. The van der Waals surface area contributed by atoms with Crippen LogP contribution in [0.5, 0.6) is 0 Å². The number of aliphatic carboxylic acids is 1. The van der Waals surface area contributed by atoms with Crippen LogP contribution in [-0.2, 0) is 9.59 Å². The first-order chi connectivity index (χ1) is 16.0. The highest BCUT2D eigenvalue weighted by atomic mass is 16.4. The Morgan fingerprint density at radius 1 is 0.606 bits per heavy atom. The van der Waals surface area contributed by atoms with Crippen LogP contribution in [0.2, 0.25) is 0 Å². The molecule has 5 heterocycles. The molecule has 3 N–H and O–H groups in total. The molecule has 5 rings (SSSR count). The largest absolute Gasteiger partial charge is 0.481 e. The second kappa shape index (κ2) is 9.88. The van der Waals surface area contributed by atoms with Crippen molar-refractivity contribution in [2.45, 2.75) is 12.8 Å². The third-order valence-corrected chi connectivity index (χ3v) is 4.76. The van der Waals surface area contributed by atoms with E-state index in [1.165, 1.54) is 0 Å². The number of nitrogens with zero attached hydrogens (tertiary/aromatic N) is 4. The molecule has 0 fully saturated rings. The summed E-state index contributed by atoms with van der Waals surface area (Å²) in [5, 5.41) is 8.06. The predicted octanol–water partition coefficient (Wildman–Crippen LogP) is 2.96. The summed E-state index contributed by atoms with van der Waals surface area (Å²) in [6, 6.07) is 0. The predicted molar refractivity (Wildman–Crippen MR) is 130 cm³/mol. The summed E-state index contributed by atoms with van der Waals surface area (Å²) < 4.78 is 0. The summed E-state index contributed by atoms with van der Waals surface area (Å²) in [6.45, 7) is -0.0622. The van der Waals surface area contributed by atoms with Crippen LogP contribution in [0.1, 0.15) is 12.8 Å². The Hall–Kier alpha value is -4.30. The molecule has 0 atom stereocenters. The van der Waals surface area contributed by atoms with Crippen molar-refractivity contribution in [3.63, 3.8) is 0 Å². The number of carboxylic acids is 1. The van der Waals surface area contributed by atoms with Crippen LogP contribution in [-0.4, -0.2) is 46.3 Å². The molecule has 8 heteroatoms. The van der Waals surface area contributed by atoms with Gasteiger partial charge in [0.15, 0.2) is 0 Å². The zero-order chi connectivity index (χ0) is 23.2. The molecule has 8 bridgehead atoms. The van der Waals surface area contributed by atoms with Gasteiger partial charge in [-0.25, -0.2) is 20.0 Å². The van der Waals surface area contributed by atoms with Gasteiger partial charge in [-0.05, 0) is 72.9 Å². The van der Waals surface area contributed by atoms with Gasteiger partial charge >= 0.3 is 5.97 Å². The molecule has 0 aromatic rings. The van der Waals surface area contributed by atoms with Crippen molar-refractivity contribution in [3.8, 4) is 0 Å². The SMILES string of the molecule is C1=CC2=NC1=CC1=NC(=CC3=NC(=CC4=NC(=C2)C=C4)C=C3)C=C1.NCC(=O)CCC(=O)O. The Balaban J connectivity index is 0.000000248. The van der Waals surface area contributed by atoms with Crippen molar-refractivity contribution in [1.82, 2.24) is 0 Å². The Labute approximate surface area is 190 Å². The van der Waals surface area contributed by atoms with Gasteiger partial charge in [0.2, 0.25) is 0 Å². The highest BCUT2D eigenvalue weighted by Crippen LogP contribution is 2.20. The van der Waals surface area contributed by atoms with E-state index in [0.717, 1.165) is 45.6 Å². The molecule has 0 spiro atoms. The average Bonchev–Trinajstić information content (AvgIpc) is 3.58. The van der Waals surface area contributed by atoms with Gasteiger partial charge in [-0.1, -0.05) is 0 Å². The van der Waals surface area contributed by atoms with Crippen LogP contribution in [0, 0.1) is 0 Å². The molecule has 5 aliphatic rings. The Bertz CT molecular complexity index is 1090. The fourth-order valence-electron chi connectivity index (χ4n) is 3.18. The summed E-state index contributed by atoms with van der Waals surface area (Å²) in [6.07, 6.45) is 23.7. The van der Waals surface area contributed by atoms with Gasteiger partial charge in [-0.3, -0.25) is 9.59 Å². The van der Waals surface area contributed by atoms with Gasteiger partial charge in [0.25, 0.3) is 0 Å². The number of carbonyl (C=O) groups excluding carboxylic acids is 1. The Morgan fingerprint density at radius 2 is 0.939 bits per heavy atom. The van der Waals surface area contributed by atoms with Crippen molar-refractivity contribution >= 4 is 34.6 Å². The number of carboxylic acid groups (broad SMARTS) is 1. The fourth-order valence-corrected chi connectivity index (χ4v) is 3.18. The minimum absolute atomic E-state index is 0.0475. The third-order valence-electron chi connectivity index (χ3n) is 4.76. The van der Waals surface area contributed by atoms with Crippen molar-refractivity contribution in [2.75, 3.05) is 6.54 Å². The van der Waals surface area contributed by atoms with Crippen molar-refractivity contribution in [2.24, 2.45) is 25.7 Å². The summed E-state index contributed by atoms with van der Waals surface area (Å²) >= 11 is 0. The zero-order valence-corrected chi connectivity index (χ0v) is 17.7. The minimum Gasteiger partial charge on any atom is -0.481 e. The Morgan fingerprint density at radius 3 is 1.21 bits per heavy atom. The lowest BCUT2D eigenvalue weighted by atomic mass is 10.2. The van der Waals surface area contributed by atoms with E-state index in [9.17, 15) is 9.59 Å².